The number of guanidine groups is 1. The molecular formula is C19H27IN6O2. The Morgan fingerprint density at radius 2 is 2.04 bits per heavy atom. The monoisotopic (exact) mass is 498 g/mol. The van der Waals surface area contributed by atoms with Gasteiger partial charge < -0.3 is 25.7 Å². The van der Waals surface area contributed by atoms with Gasteiger partial charge in [-0.15, -0.1) is 24.0 Å². The number of carbonyl (C=O) groups is 1. The number of rotatable bonds is 5. The van der Waals surface area contributed by atoms with E-state index in [4.69, 9.17) is 10.2 Å². The summed E-state index contributed by atoms with van der Waals surface area (Å²) in [5.74, 6) is 1.33. The molecule has 2 amide bonds. The molecule has 1 aliphatic heterocycles. The maximum Gasteiger partial charge on any atom is 0.314 e. The molecule has 0 unspecified atom stereocenters. The SMILES string of the molecule is CCNC(=NCc1coc(-c2ccccc2)n1)NC1CCN(C(N)=O)CC1.I. The highest BCUT2D eigenvalue weighted by molar-refractivity contribution is 14.0. The molecule has 2 heterocycles. The molecule has 1 aromatic heterocycles. The van der Waals surface area contributed by atoms with Crippen molar-refractivity contribution in [1.82, 2.24) is 20.5 Å². The summed E-state index contributed by atoms with van der Waals surface area (Å²) in [7, 11) is 0. The van der Waals surface area contributed by atoms with Gasteiger partial charge in [0.25, 0.3) is 0 Å². The second kappa shape index (κ2) is 10.9. The molecule has 1 fully saturated rings. The van der Waals surface area contributed by atoms with Gasteiger partial charge in [-0.1, -0.05) is 18.2 Å². The van der Waals surface area contributed by atoms with E-state index >= 15 is 0 Å². The minimum absolute atomic E-state index is 0. The normalized spacial score (nSPS) is 15.0. The van der Waals surface area contributed by atoms with Crippen LogP contribution in [0, 0.1) is 0 Å². The van der Waals surface area contributed by atoms with E-state index in [2.05, 4.69) is 20.6 Å². The van der Waals surface area contributed by atoms with E-state index < -0.39 is 0 Å². The number of nitrogens with zero attached hydrogens (tertiary/aromatic N) is 3. The van der Waals surface area contributed by atoms with Crippen molar-refractivity contribution >= 4 is 36.0 Å². The number of piperidine rings is 1. The first-order chi connectivity index (χ1) is 13.2. The van der Waals surface area contributed by atoms with Gasteiger partial charge in [0.05, 0.1) is 6.54 Å². The van der Waals surface area contributed by atoms with Crippen LogP contribution in [0.1, 0.15) is 25.5 Å². The predicted octanol–water partition coefficient (Wildman–Crippen LogP) is 2.56. The van der Waals surface area contributed by atoms with Crippen molar-refractivity contribution in [2.45, 2.75) is 32.4 Å². The minimum atomic E-state index is -0.353. The van der Waals surface area contributed by atoms with E-state index in [9.17, 15) is 4.79 Å². The Morgan fingerprint density at radius 1 is 1.32 bits per heavy atom. The molecule has 1 saturated heterocycles. The number of halogens is 1. The highest BCUT2D eigenvalue weighted by Gasteiger charge is 2.21. The molecule has 1 aliphatic rings. The molecule has 8 nitrogen and oxygen atoms in total. The lowest BCUT2D eigenvalue weighted by Gasteiger charge is -2.32. The lowest BCUT2D eigenvalue weighted by atomic mass is 10.1. The number of carbonyl (C=O) groups excluding carboxylic acids is 1. The lowest BCUT2D eigenvalue weighted by molar-refractivity contribution is 0.188. The summed E-state index contributed by atoms with van der Waals surface area (Å²) >= 11 is 0. The van der Waals surface area contributed by atoms with Crippen molar-refractivity contribution in [2.24, 2.45) is 10.7 Å². The van der Waals surface area contributed by atoms with Crippen molar-refractivity contribution in [3.8, 4) is 11.5 Å². The molecule has 0 bridgehead atoms. The fourth-order valence-corrected chi connectivity index (χ4v) is 3.01. The van der Waals surface area contributed by atoms with E-state index in [1.165, 1.54) is 0 Å². The second-order valence-electron chi connectivity index (χ2n) is 6.45. The van der Waals surface area contributed by atoms with Crippen LogP contribution in [0.5, 0.6) is 0 Å². The van der Waals surface area contributed by atoms with Crippen molar-refractivity contribution < 1.29 is 9.21 Å². The Morgan fingerprint density at radius 3 is 2.68 bits per heavy atom. The number of hydrogen-bond donors (Lipinski definition) is 3. The third kappa shape index (κ3) is 6.11. The number of nitrogens with one attached hydrogen (secondary N) is 2. The maximum absolute atomic E-state index is 11.2. The van der Waals surface area contributed by atoms with Crippen LogP contribution >= 0.6 is 24.0 Å². The number of benzene rings is 1. The van der Waals surface area contributed by atoms with Crippen LogP contribution in [0.15, 0.2) is 46.0 Å². The molecule has 152 valence electrons. The Bertz CT molecular complexity index is 772. The van der Waals surface area contributed by atoms with Gasteiger partial charge in [0, 0.05) is 31.2 Å². The molecule has 3 rings (SSSR count). The van der Waals surface area contributed by atoms with Crippen LogP contribution in [-0.4, -0.2) is 47.6 Å². The Balaban J connectivity index is 0.00000280. The topological polar surface area (TPSA) is 109 Å². The zero-order valence-corrected chi connectivity index (χ0v) is 18.3. The van der Waals surface area contributed by atoms with Crippen LogP contribution < -0.4 is 16.4 Å². The molecular weight excluding hydrogens is 471 g/mol. The highest BCUT2D eigenvalue weighted by Crippen LogP contribution is 2.18. The number of urea groups is 1. The van der Waals surface area contributed by atoms with Gasteiger partial charge in [0.1, 0.15) is 12.0 Å². The molecule has 1 aromatic carbocycles. The summed E-state index contributed by atoms with van der Waals surface area (Å²) in [6.45, 7) is 4.54. The van der Waals surface area contributed by atoms with Crippen molar-refractivity contribution in [2.75, 3.05) is 19.6 Å². The Labute approximate surface area is 182 Å². The summed E-state index contributed by atoms with van der Waals surface area (Å²) in [5, 5.41) is 6.67. The van der Waals surface area contributed by atoms with Crippen molar-refractivity contribution in [3.05, 3.63) is 42.3 Å². The first-order valence-electron chi connectivity index (χ1n) is 9.24. The smallest absolute Gasteiger partial charge is 0.314 e. The Kier molecular flexibility index (Phi) is 8.55. The number of aromatic nitrogens is 1. The van der Waals surface area contributed by atoms with Gasteiger partial charge in [0.2, 0.25) is 5.89 Å². The van der Waals surface area contributed by atoms with E-state index in [1.807, 2.05) is 37.3 Å². The molecule has 0 spiro atoms. The number of amides is 2. The first-order valence-corrected chi connectivity index (χ1v) is 9.24. The average Bonchev–Trinajstić information content (AvgIpc) is 3.16. The van der Waals surface area contributed by atoms with E-state index in [1.54, 1.807) is 11.2 Å². The molecule has 0 aliphatic carbocycles. The number of likely N-dealkylation sites (tertiary alicyclic amines) is 1. The molecule has 0 atom stereocenters. The largest absolute Gasteiger partial charge is 0.444 e. The molecule has 4 N–H and O–H groups in total. The van der Waals surface area contributed by atoms with Gasteiger partial charge >= 0.3 is 6.03 Å². The van der Waals surface area contributed by atoms with Gasteiger partial charge in [-0.05, 0) is 31.9 Å². The number of hydrogen-bond acceptors (Lipinski definition) is 4. The molecule has 9 heteroatoms. The van der Waals surface area contributed by atoms with Crippen LogP contribution in [0.4, 0.5) is 4.79 Å². The molecule has 0 saturated carbocycles. The van der Waals surface area contributed by atoms with Crippen molar-refractivity contribution in [3.63, 3.8) is 0 Å². The lowest BCUT2D eigenvalue weighted by Crippen LogP contribution is -2.50. The number of aliphatic imine (C=N–C) groups is 1. The summed E-state index contributed by atoms with van der Waals surface area (Å²) < 4.78 is 5.56. The summed E-state index contributed by atoms with van der Waals surface area (Å²) in [5.41, 5.74) is 7.05. The highest BCUT2D eigenvalue weighted by atomic mass is 127. The summed E-state index contributed by atoms with van der Waals surface area (Å²) in [6, 6.07) is 9.69. The van der Waals surface area contributed by atoms with Gasteiger partial charge in [-0.25, -0.2) is 14.8 Å². The molecule has 28 heavy (non-hydrogen) atoms. The quantitative estimate of drug-likeness (QED) is 0.334. The fourth-order valence-electron chi connectivity index (χ4n) is 3.01. The standard InChI is InChI=1S/C19H26N6O2.HI/c1-2-21-19(24-15-8-10-25(11-9-15)18(20)26)22-12-16-13-27-17(23-16)14-6-4-3-5-7-14;/h3-7,13,15H,2,8-12H2,1H3,(H2,20,26)(H2,21,22,24);1H. The van der Waals surface area contributed by atoms with E-state index in [-0.39, 0.29) is 36.0 Å². The third-order valence-corrected chi connectivity index (χ3v) is 4.46. The maximum atomic E-state index is 11.2. The zero-order valence-electron chi connectivity index (χ0n) is 15.9. The fraction of sp³-hybridized carbons (Fsp3) is 0.421. The number of nitrogens with two attached hydrogens (primary N) is 1. The number of oxazole rings is 1. The first kappa shape index (κ1) is 22.0. The average molecular weight is 498 g/mol. The van der Waals surface area contributed by atoms with Crippen LogP contribution in [0.3, 0.4) is 0 Å². The van der Waals surface area contributed by atoms with Gasteiger partial charge in [0.15, 0.2) is 5.96 Å². The Hall–Kier alpha value is -2.30. The van der Waals surface area contributed by atoms with Gasteiger partial charge in [-0.2, -0.15) is 0 Å². The third-order valence-electron chi connectivity index (χ3n) is 4.46. The van der Waals surface area contributed by atoms with Crippen LogP contribution in [0.2, 0.25) is 0 Å². The zero-order chi connectivity index (χ0) is 19.1. The van der Waals surface area contributed by atoms with Gasteiger partial charge in [-0.3, -0.25) is 0 Å². The molecule has 0 radical (unpaired) electrons. The molecule has 2 aromatic rings. The number of primary amides is 1. The predicted molar refractivity (Wildman–Crippen MR) is 119 cm³/mol. The van der Waals surface area contributed by atoms with E-state index in [0.29, 0.717) is 25.5 Å². The van der Waals surface area contributed by atoms with Crippen LogP contribution in [0.25, 0.3) is 11.5 Å². The van der Waals surface area contributed by atoms with Crippen molar-refractivity contribution in [1.29, 1.82) is 0 Å². The second-order valence-corrected chi connectivity index (χ2v) is 6.45. The summed E-state index contributed by atoms with van der Waals surface area (Å²) in [4.78, 5) is 22.0. The summed E-state index contributed by atoms with van der Waals surface area (Å²) in [6.07, 6.45) is 3.33. The minimum Gasteiger partial charge on any atom is -0.444 e. The van der Waals surface area contributed by atoms with Crippen LogP contribution in [-0.2, 0) is 6.54 Å². The van der Waals surface area contributed by atoms with E-state index in [0.717, 1.165) is 36.6 Å².